The molecule has 1 aliphatic heterocycles. The van der Waals surface area contributed by atoms with Gasteiger partial charge in [0.15, 0.2) is 11.5 Å². The Balaban J connectivity index is 1.42. The molecule has 5 heteroatoms. The van der Waals surface area contributed by atoms with Gasteiger partial charge in [-0.05, 0) is 37.0 Å². The van der Waals surface area contributed by atoms with Crippen LogP contribution in [0.3, 0.4) is 0 Å². The van der Waals surface area contributed by atoms with Gasteiger partial charge in [-0.15, -0.1) is 0 Å². The van der Waals surface area contributed by atoms with Crippen molar-refractivity contribution in [3.63, 3.8) is 0 Å². The van der Waals surface area contributed by atoms with Gasteiger partial charge in [-0.3, -0.25) is 0 Å². The monoisotopic (exact) mass is 276 g/mol. The number of hydrogen-bond acceptors (Lipinski definition) is 3. The molecule has 2 aliphatic rings. The molecule has 1 saturated carbocycles. The third kappa shape index (κ3) is 3.15. The molecule has 0 bridgehead atoms. The van der Waals surface area contributed by atoms with E-state index >= 15 is 0 Å². The van der Waals surface area contributed by atoms with E-state index in [1.165, 1.54) is 12.8 Å². The van der Waals surface area contributed by atoms with Crippen LogP contribution in [-0.2, 0) is 6.42 Å². The predicted octanol–water partition coefficient (Wildman–Crippen LogP) is 2.20. The third-order valence-electron chi connectivity index (χ3n) is 3.83. The smallest absolute Gasteiger partial charge is 0.315 e. The fourth-order valence-corrected chi connectivity index (χ4v) is 2.72. The Morgan fingerprint density at radius 1 is 1.20 bits per heavy atom. The van der Waals surface area contributed by atoms with Gasteiger partial charge in [-0.2, -0.15) is 0 Å². The van der Waals surface area contributed by atoms with Crippen LogP contribution in [0.5, 0.6) is 11.5 Å². The van der Waals surface area contributed by atoms with E-state index in [1.807, 2.05) is 18.2 Å². The Bertz CT molecular complexity index is 484. The minimum Gasteiger partial charge on any atom is -0.454 e. The molecule has 1 heterocycles. The summed E-state index contributed by atoms with van der Waals surface area (Å²) in [6, 6.07) is 6.19. The number of ether oxygens (including phenoxy) is 2. The second-order valence-corrected chi connectivity index (χ2v) is 5.32. The van der Waals surface area contributed by atoms with Crippen molar-refractivity contribution >= 4 is 6.03 Å². The van der Waals surface area contributed by atoms with Crippen molar-refractivity contribution in [3.8, 4) is 11.5 Å². The molecule has 0 saturated heterocycles. The van der Waals surface area contributed by atoms with Crippen molar-refractivity contribution in [2.24, 2.45) is 0 Å². The van der Waals surface area contributed by atoms with Gasteiger partial charge in [-0.25, -0.2) is 4.79 Å². The Morgan fingerprint density at radius 3 is 2.85 bits per heavy atom. The van der Waals surface area contributed by atoms with Gasteiger partial charge in [0.05, 0.1) is 0 Å². The summed E-state index contributed by atoms with van der Waals surface area (Å²) in [6.07, 6.45) is 5.45. The SMILES string of the molecule is O=C(NCCc1ccc2c(c1)OCO2)NC1CCCC1. The highest BCUT2D eigenvalue weighted by Gasteiger charge is 2.17. The highest BCUT2D eigenvalue weighted by molar-refractivity contribution is 5.74. The molecule has 1 aromatic carbocycles. The first-order valence-corrected chi connectivity index (χ1v) is 7.24. The minimum absolute atomic E-state index is 0.0577. The number of rotatable bonds is 4. The fraction of sp³-hybridized carbons (Fsp3) is 0.533. The van der Waals surface area contributed by atoms with Crippen LogP contribution in [-0.4, -0.2) is 25.4 Å². The van der Waals surface area contributed by atoms with Gasteiger partial charge < -0.3 is 20.1 Å². The summed E-state index contributed by atoms with van der Waals surface area (Å²) in [5.74, 6) is 1.58. The van der Waals surface area contributed by atoms with E-state index in [1.54, 1.807) is 0 Å². The van der Waals surface area contributed by atoms with E-state index in [0.717, 1.165) is 36.3 Å². The van der Waals surface area contributed by atoms with Gasteiger partial charge >= 0.3 is 6.03 Å². The van der Waals surface area contributed by atoms with Crippen molar-refractivity contribution in [2.75, 3.05) is 13.3 Å². The fourth-order valence-electron chi connectivity index (χ4n) is 2.72. The summed E-state index contributed by atoms with van der Waals surface area (Å²) in [5.41, 5.74) is 1.13. The molecule has 108 valence electrons. The average molecular weight is 276 g/mol. The molecule has 0 unspecified atom stereocenters. The molecule has 2 amide bonds. The zero-order valence-electron chi connectivity index (χ0n) is 11.5. The van der Waals surface area contributed by atoms with E-state index in [4.69, 9.17) is 9.47 Å². The lowest BCUT2D eigenvalue weighted by Crippen LogP contribution is -2.41. The molecule has 1 fully saturated rings. The second-order valence-electron chi connectivity index (χ2n) is 5.32. The van der Waals surface area contributed by atoms with E-state index in [2.05, 4.69) is 10.6 Å². The van der Waals surface area contributed by atoms with Crippen LogP contribution in [0.2, 0.25) is 0 Å². The maximum atomic E-state index is 11.7. The Morgan fingerprint density at radius 2 is 2.00 bits per heavy atom. The lowest BCUT2D eigenvalue weighted by molar-refractivity contribution is 0.174. The van der Waals surface area contributed by atoms with Crippen molar-refractivity contribution < 1.29 is 14.3 Å². The van der Waals surface area contributed by atoms with Gasteiger partial charge in [0.25, 0.3) is 0 Å². The highest BCUT2D eigenvalue weighted by Crippen LogP contribution is 2.32. The zero-order valence-corrected chi connectivity index (χ0v) is 11.5. The van der Waals surface area contributed by atoms with Gasteiger partial charge in [0.2, 0.25) is 6.79 Å². The number of fused-ring (bicyclic) bond motifs is 1. The van der Waals surface area contributed by atoms with Crippen LogP contribution in [0.25, 0.3) is 0 Å². The van der Waals surface area contributed by atoms with Crippen LogP contribution in [0.15, 0.2) is 18.2 Å². The summed E-state index contributed by atoms with van der Waals surface area (Å²) < 4.78 is 10.6. The van der Waals surface area contributed by atoms with Crippen LogP contribution < -0.4 is 20.1 Å². The number of amides is 2. The lowest BCUT2D eigenvalue weighted by atomic mass is 10.1. The maximum absolute atomic E-state index is 11.7. The molecule has 0 radical (unpaired) electrons. The molecular formula is C15H20N2O3. The highest BCUT2D eigenvalue weighted by atomic mass is 16.7. The number of nitrogens with one attached hydrogen (secondary N) is 2. The van der Waals surface area contributed by atoms with E-state index in [9.17, 15) is 4.79 Å². The van der Waals surface area contributed by atoms with E-state index in [-0.39, 0.29) is 6.03 Å². The van der Waals surface area contributed by atoms with Crippen LogP contribution in [0, 0.1) is 0 Å². The Labute approximate surface area is 118 Å². The third-order valence-corrected chi connectivity index (χ3v) is 3.83. The number of benzene rings is 1. The predicted molar refractivity (Wildman–Crippen MR) is 75.1 cm³/mol. The molecule has 3 rings (SSSR count). The molecule has 1 aliphatic carbocycles. The first-order chi connectivity index (χ1) is 9.81. The van der Waals surface area contributed by atoms with Crippen LogP contribution in [0.4, 0.5) is 4.79 Å². The largest absolute Gasteiger partial charge is 0.454 e. The number of carbonyl (C=O) groups is 1. The molecule has 1 aromatic rings. The van der Waals surface area contributed by atoms with Crippen molar-refractivity contribution in [2.45, 2.75) is 38.1 Å². The van der Waals surface area contributed by atoms with Gasteiger partial charge in [0, 0.05) is 12.6 Å². The van der Waals surface area contributed by atoms with Crippen LogP contribution >= 0.6 is 0 Å². The summed E-state index contributed by atoms with van der Waals surface area (Å²) in [7, 11) is 0. The Hall–Kier alpha value is -1.91. The molecule has 5 nitrogen and oxygen atoms in total. The van der Waals surface area contributed by atoms with Gasteiger partial charge in [-0.1, -0.05) is 18.9 Å². The normalized spacial score (nSPS) is 17.2. The summed E-state index contributed by atoms with van der Waals surface area (Å²) in [5, 5.41) is 5.92. The molecule has 0 atom stereocenters. The Kier molecular flexibility index (Phi) is 3.95. The number of carbonyl (C=O) groups excluding carboxylic acids is 1. The molecule has 20 heavy (non-hydrogen) atoms. The molecule has 0 aromatic heterocycles. The number of urea groups is 1. The standard InChI is InChI=1S/C15H20N2O3/c18-15(17-12-3-1-2-4-12)16-8-7-11-5-6-13-14(9-11)20-10-19-13/h5-6,9,12H,1-4,7-8,10H2,(H2,16,17,18). The van der Waals surface area contributed by atoms with Crippen LogP contribution in [0.1, 0.15) is 31.2 Å². The van der Waals surface area contributed by atoms with Crippen molar-refractivity contribution in [3.05, 3.63) is 23.8 Å². The van der Waals surface area contributed by atoms with E-state index < -0.39 is 0 Å². The van der Waals surface area contributed by atoms with Crippen molar-refractivity contribution in [1.82, 2.24) is 10.6 Å². The first-order valence-electron chi connectivity index (χ1n) is 7.24. The lowest BCUT2D eigenvalue weighted by Gasteiger charge is -2.12. The zero-order chi connectivity index (χ0) is 13.8. The van der Waals surface area contributed by atoms with E-state index in [0.29, 0.717) is 19.4 Å². The molecular weight excluding hydrogens is 256 g/mol. The second kappa shape index (κ2) is 6.03. The first kappa shape index (κ1) is 13.1. The number of hydrogen-bond donors (Lipinski definition) is 2. The molecule has 2 N–H and O–H groups in total. The summed E-state index contributed by atoms with van der Waals surface area (Å²) >= 11 is 0. The summed E-state index contributed by atoms with van der Waals surface area (Å²) in [4.78, 5) is 11.7. The van der Waals surface area contributed by atoms with Crippen molar-refractivity contribution in [1.29, 1.82) is 0 Å². The molecule has 0 spiro atoms. The quantitative estimate of drug-likeness (QED) is 0.886. The average Bonchev–Trinajstić information content (AvgIpc) is 3.09. The maximum Gasteiger partial charge on any atom is 0.315 e. The topological polar surface area (TPSA) is 59.6 Å². The minimum atomic E-state index is -0.0577. The van der Waals surface area contributed by atoms with Gasteiger partial charge in [0.1, 0.15) is 0 Å². The summed E-state index contributed by atoms with van der Waals surface area (Å²) in [6.45, 7) is 0.916.